The molecule has 0 bridgehead atoms. The maximum Gasteiger partial charge on any atom is 0.252 e. The predicted octanol–water partition coefficient (Wildman–Crippen LogP) is 3.38. The molecule has 2 N–H and O–H groups in total. The fraction of sp³-hybridized carbons (Fsp3) is 0.462. The lowest BCUT2D eigenvalue weighted by atomic mass is 9.75. The fourth-order valence-electron chi connectivity index (χ4n) is 5.77. The summed E-state index contributed by atoms with van der Waals surface area (Å²) >= 11 is 0. The smallest absolute Gasteiger partial charge is 0.252 e. The zero-order valence-electron chi connectivity index (χ0n) is 18.8. The SMILES string of the molecule is COc1ccc(C(=O)NC(C)c2ccccc2)c2c1CCN1C(=O)[C@@H]3CCCN[C@@H]3C[C@@H]21. The third kappa shape index (κ3) is 3.56. The molecular formula is C26H31N3O3. The van der Waals surface area contributed by atoms with Crippen molar-refractivity contribution in [3.8, 4) is 5.75 Å². The summed E-state index contributed by atoms with van der Waals surface area (Å²) in [6, 6.07) is 13.7. The van der Waals surface area contributed by atoms with E-state index in [0.29, 0.717) is 18.5 Å². The van der Waals surface area contributed by atoms with E-state index < -0.39 is 0 Å². The third-order valence-electron chi connectivity index (χ3n) is 7.40. The molecule has 3 aliphatic heterocycles. The van der Waals surface area contributed by atoms with Crippen molar-refractivity contribution in [1.82, 2.24) is 15.5 Å². The number of carbonyl (C=O) groups excluding carboxylic acids is 2. The van der Waals surface area contributed by atoms with Gasteiger partial charge in [0.1, 0.15) is 5.75 Å². The Hall–Kier alpha value is -2.86. The monoisotopic (exact) mass is 433 g/mol. The zero-order valence-corrected chi connectivity index (χ0v) is 18.8. The van der Waals surface area contributed by atoms with Gasteiger partial charge in [0.25, 0.3) is 5.91 Å². The fourth-order valence-corrected chi connectivity index (χ4v) is 5.77. The molecule has 4 atom stereocenters. The Morgan fingerprint density at radius 2 is 2.03 bits per heavy atom. The van der Waals surface area contributed by atoms with Crippen molar-refractivity contribution in [1.29, 1.82) is 0 Å². The van der Waals surface area contributed by atoms with Crippen LogP contribution in [0, 0.1) is 5.92 Å². The number of fused-ring (bicyclic) bond motifs is 4. The van der Waals surface area contributed by atoms with Crippen LogP contribution in [0.5, 0.6) is 5.75 Å². The van der Waals surface area contributed by atoms with Crippen molar-refractivity contribution in [3.63, 3.8) is 0 Å². The second-order valence-corrected chi connectivity index (χ2v) is 9.16. The summed E-state index contributed by atoms with van der Waals surface area (Å²) in [6.07, 6.45) is 3.54. The number of hydrogen-bond acceptors (Lipinski definition) is 4. The first kappa shape index (κ1) is 21.0. The number of hydrogen-bond donors (Lipinski definition) is 2. The Bertz CT molecular complexity index is 1020. The third-order valence-corrected chi connectivity index (χ3v) is 7.40. The molecule has 0 saturated carbocycles. The topological polar surface area (TPSA) is 70.7 Å². The second-order valence-electron chi connectivity index (χ2n) is 9.16. The highest BCUT2D eigenvalue weighted by Crippen LogP contribution is 2.45. The summed E-state index contributed by atoms with van der Waals surface area (Å²) in [6.45, 7) is 3.63. The lowest BCUT2D eigenvalue weighted by molar-refractivity contribution is -0.145. The molecule has 6 heteroatoms. The molecule has 0 radical (unpaired) electrons. The van der Waals surface area contributed by atoms with Crippen LogP contribution in [0.15, 0.2) is 42.5 Å². The molecule has 32 heavy (non-hydrogen) atoms. The summed E-state index contributed by atoms with van der Waals surface area (Å²) in [5.41, 5.74) is 3.75. The van der Waals surface area contributed by atoms with Crippen LogP contribution >= 0.6 is 0 Å². The number of benzene rings is 2. The molecule has 2 aromatic carbocycles. The highest BCUT2D eigenvalue weighted by molar-refractivity contribution is 5.97. The maximum absolute atomic E-state index is 13.5. The van der Waals surface area contributed by atoms with Gasteiger partial charge in [0.2, 0.25) is 5.91 Å². The Kier molecular flexibility index (Phi) is 5.64. The Morgan fingerprint density at radius 3 is 2.81 bits per heavy atom. The van der Waals surface area contributed by atoms with Gasteiger partial charge in [0.05, 0.1) is 25.1 Å². The van der Waals surface area contributed by atoms with Crippen molar-refractivity contribution in [2.24, 2.45) is 5.92 Å². The first-order valence-corrected chi connectivity index (χ1v) is 11.7. The second kappa shape index (κ2) is 8.58. The number of ether oxygens (including phenoxy) is 1. The molecule has 2 saturated heterocycles. The summed E-state index contributed by atoms with van der Waals surface area (Å²) in [7, 11) is 1.67. The lowest BCUT2D eigenvalue weighted by Gasteiger charge is -2.49. The standard InChI is InChI=1S/C26H31N3O3/c1-16(17-7-4-3-5-8-17)28-25(30)20-10-11-23(32-2)19-12-14-29-22(24(19)20)15-21-18(26(29)31)9-6-13-27-21/h3-5,7-8,10-11,16,18,21-22,27H,6,9,12-15H2,1-2H3,(H,28,30)/t16?,18-,21-,22+/m1/s1. The number of carbonyl (C=O) groups is 2. The van der Waals surface area contributed by atoms with Crippen LogP contribution in [0.3, 0.4) is 0 Å². The first-order valence-electron chi connectivity index (χ1n) is 11.7. The molecule has 2 amide bonds. The van der Waals surface area contributed by atoms with Gasteiger partial charge < -0.3 is 20.3 Å². The van der Waals surface area contributed by atoms with Gasteiger partial charge in [0.15, 0.2) is 0 Å². The van der Waals surface area contributed by atoms with Gasteiger partial charge in [-0.3, -0.25) is 9.59 Å². The van der Waals surface area contributed by atoms with E-state index in [2.05, 4.69) is 10.6 Å². The van der Waals surface area contributed by atoms with Crippen LogP contribution in [0.4, 0.5) is 0 Å². The average Bonchev–Trinajstić information content (AvgIpc) is 2.83. The molecule has 2 fully saturated rings. The van der Waals surface area contributed by atoms with Crippen LogP contribution in [0.25, 0.3) is 0 Å². The van der Waals surface area contributed by atoms with Gasteiger partial charge in [-0.05, 0) is 62.4 Å². The van der Waals surface area contributed by atoms with Crippen molar-refractivity contribution in [2.75, 3.05) is 20.2 Å². The Balaban J connectivity index is 1.51. The highest BCUT2D eigenvalue weighted by atomic mass is 16.5. The Morgan fingerprint density at radius 1 is 1.22 bits per heavy atom. The van der Waals surface area contributed by atoms with E-state index in [-0.39, 0.29) is 35.9 Å². The molecule has 5 rings (SSSR count). The van der Waals surface area contributed by atoms with Crippen LogP contribution in [-0.2, 0) is 11.2 Å². The van der Waals surface area contributed by atoms with Gasteiger partial charge in [0, 0.05) is 23.7 Å². The molecule has 1 unspecified atom stereocenters. The minimum absolute atomic E-state index is 0.0579. The number of rotatable bonds is 4. The van der Waals surface area contributed by atoms with E-state index in [9.17, 15) is 9.59 Å². The van der Waals surface area contributed by atoms with Crippen molar-refractivity contribution >= 4 is 11.8 Å². The lowest BCUT2D eigenvalue weighted by Crippen LogP contribution is -2.58. The predicted molar refractivity (Wildman–Crippen MR) is 123 cm³/mol. The molecule has 0 aliphatic carbocycles. The molecular weight excluding hydrogens is 402 g/mol. The Labute approximate surface area is 189 Å². The van der Waals surface area contributed by atoms with Crippen LogP contribution in [0.2, 0.25) is 0 Å². The maximum atomic E-state index is 13.5. The number of nitrogens with zero attached hydrogens (tertiary/aromatic N) is 1. The number of amides is 2. The normalized spacial score (nSPS) is 25.2. The van der Waals surface area contributed by atoms with Gasteiger partial charge in [-0.25, -0.2) is 0 Å². The molecule has 0 aromatic heterocycles. The van der Waals surface area contributed by atoms with E-state index >= 15 is 0 Å². The van der Waals surface area contributed by atoms with Crippen LogP contribution in [-0.4, -0.2) is 43.0 Å². The van der Waals surface area contributed by atoms with Crippen molar-refractivity contribution in [3.05, 3.63) is 64.7 Å². The van der Waals surface area contributed by atoms with Gasteiger partial charge >= 0.3 is 0 Å². The van der Waals surface area contributed by atoms with Gasteiger partial charge in [-0.15, -0.1) is 0 Å². The van der Waals surface area contributed by atoms with Crippen LogP contribution < -0.4 is 15.4 Å². The van der Waals surface area contributed by atoms with E-state index in [1.54, 1.807) is 7.11 Å². The minimum atomic E-state index is -0.112. The number of nitrogens with one attached hydrogen (secondary N) is 2. The number of piperidine rings is 2. The number of methoxy groups -OCH3 is 1. The highest BCUT2D eigenvalue weighted by Gasteiger charge is 2.46. The first-order chi connectivity index (χ1) is 15.6. The molecule has 2 aromatic rings. The molecule has 0 spiro atoms. The largest absolute Gasteiger partial charge is 0.496 e. The van der Waals surface area contributed by atoms with E-state index in [1.165, 1.54) is 0 Å². The summed E-state index contributed by atoms with van der Waals surface area (Å²) < 4.78 is 5.66. The average molecular weight is 434 g/mol. The van der Waals surface area contributed by atoms with E-state index in [0.717, 1.165) is 48.2 Å². The van der Waals surface area contributed by atoms with Gasteiger partial charge in [-0.2, -0.15) is 0 Å². The zero-order chi connectivity index (χ0) is 22.2. The molecule has 6 nitrogen and oxygen atoms in total. The molecule has 3 aliphatic rings. The summed E-state index contributed by atoms with van der Waals surface area (Å²) in [5, 5.41) is 6.73. The van der Waals surface area contributed by atoms with Gasteiger partial charge in [-0.1, -0.05) is 30.3 Å². The van der Waals surface area contributed by atoms with E-state index in [1.807, 2.05) is 54.3 Å². The van der Waals surface area contributed by atoms with Crippen molar-refractivity contribution in [2.45, 2.75) is 50.7 Å². The van der Waals surface area contributed by atoms with E-state index in [4.69, 9.17) is 4.74 Å². The molecule has 3 heterocycles. The summed E-state index contributed by atoms with van der Waals surface area (Å²) in [5.74, 6) is 0.991. The minimum Gasteiger partial charge on any atom is -0.496 e. The molecule has 168 valence electrons. The summed E-state index contributed by atoms with van der Waals surface area (Å²) in [4.78, 5) is 28.8. The quantitative estimate of drug-likeness (QED) is 0.776. The van der Waals surface area contributed by atoms with Crippen LogP contribution in [0.1, 0.15) is 65.3 Å². The van der Waals surface area contributed by atoms with Crippen molar-refractivity contribution < 1.29 is 14.3 Å².